The third-order valence-electron chi connectivity index (χ3n) is 5.80. The number of fused-ring (bicyclic) bond motifs is 2. The van der Waals surface area contributed by atoms with E-state index in [2.05, 4.69) is 4.98 Å². The highest BCUT2D eigenvalue weighted by Crippen LogP contribution is 2.43. The van der Waals surface area contributed by atoms with Crippen molar-refractivity contribution < 1.29 is 27.1 Å². The summed E-state index contributed by atoms with van der Waals surface area (Å²) < 4.78 is 53.4. The average molecular weight is 484 g/mol. The molecule has 11 heteroatoms. The third kappa shape index (κ3) is 3.75. The van der Waals surface area contributed by atoms with Gasteiger partial charge >= 0.3 is 5.97 Å². The minimum absolute atomic E-state index is 0.0684. The zero-order valence-corrected chi connectivity index (χ0v) is 19.4. The molecule has 3 heterocycles. The van der Waals surface area contributed by atoms with Crippen LogP contribution in [0.5, 0.6) is 5.75 Å². The molecule has 1 aromatic heterocycles. The number of hydrogen-bond donors (Lipinski definition) is 0. The number of methoxy groups -OCH3 is 1. The first kappa shape index (κ1) is 22.9. The van der Waals surface area contributed by atoms with Crippen molar-refractivity contribution >= 4 is 33.4 Å². The fourth-order valence-electron chi connectivity index (χ4n) is 4.23. The number of benzene rings is 1. The molecular formula is C21H23ClFN3O5S. The first-order chi connectivity index (χ1) is 15.2. The highest BCUT2D eigenvalue weighted by Gasteiger charge is 2.49. The van der Waals surface area contributed by atoms with Gasteiger partial charge in [-0.15, -0.1) is 0 Å². The summed E-state index contributed by atoms with van der Waals surface area (Å²) in [6, 6.07) is 4.33. The summed E-state index contributed by atoms with van der Waals surface area (Å²) in [7, 11) is -2.56. The minimum Gasteiger partial charge on any atom is -0.425 e. The number of rotatable bonds is 5. The van der Waals surface area contributed by atoms with Crippen molar-refractivity contribution in [3.8, 4) is 5.75 Å². The number of anilines is 1. The molecule has 0 saturated heterocycles. The van der Waals surface area contributed by atoms with Gasteiger partial charge in [-0.1, -0.05) is 24.6 Å². The van der Waals surface area contributed by atoms with Crippen molar-refractivity contribution in [2.45, 2.75) is 37.1 Å². The molecule has 0 N–H and O–H groups in total. The van der Waals surface area contributed by atoms with Gasteiger partial charge in [0.05, 0.1) is 6.67 Å². The van der Waals surface area contributed by atoms with Gasteiger partial charge in [-0.2, -0.15) is 4.31 Å². The Morgan fingerprint density at radius 3 is 2.78 bits per heavy atom. The summed E-state index contributed by atoms with van der Waals surface area (Å²) in [6.45, 7) is 4.06. The van der Waals surface area contributed by atoms with Crippen LogP contribution in [0.3, 0.4) is 0 Å². The van der Waals surface area contributed by atoms with Crippen molar-refractivity contribution in [1.82, 2.24) is 9.29 Å². The molecule has 0 radical (unpaired) electrons. The van der Waals surface area contributed by atoms with Crippen LogP contribution in [0.2, 0.25) is 5.15 Å². The van der Waals surface area contributed by atoms with Crippen LogP contribution in [-0.4, -0.2) is 56.6 Å². The number of aryl methyl sites for hydroxylation is 1. The van der Waals surface area contributed by atoms with Crippen molar-refractivity contribution in [3.05, 3.63) is 46.4 Å². The Morgan fingerprint density at radius 2 is 2.06 bits per heavy atom. The average Bonchev–Trinajstić information content (AvgIpc) is 2.73. The smallest absolute Gasteiger partial charge is 0.330 e. The van der Waals surface area contributed by atoms with E-state index >= 15 is 0 Å². The quantitative estimate of drug-likeness (QED) is 0.279. The Morgan fingerprint density at radius 1 is 1.31 bits per heavy atom. The largest absolute Gasteiger partial charge is 0.425 e. The zero-order chi connectivity index (χ0) is 23.2. The van der Waals surface area contributed by atoms with Crippen LogP contribution in [0.1, 0.15) is 30.4 Å². The van der Waals surface area contributed by atoms with Crippen LogP contribution >= 0.6 is 11.6 Å². The number of carbonyl (C=O) groups excluding carboxylic acids is 1. The van der Waals surface area contributed by atoms with Crippen LogP contribution in [0.15, 0.2) is 29.2 Å². The molecule has 32 heavy (non-hydrogen) atoms. The molecule has 0 amide bonds. The zero-order valence-electron chi connectivity index (χ0n) is 17.8. The lowest BCUT2D eigenvalue weighted by Gasteiger charge is -2.42. The van der Waals surface area contributed by atoms with E-state index in [0.717, 1.165) is 4.31 Å². The van der Waals surface area contributed by atoms with Crippen molar-refractivity contribution in [2.75, 3.05) is 31.8 Å². The Balaban J connectivity index is 1.80. The summed E-state index contributed by atoms with van der Waals surface area (Å²) in [5.74, 6) is -1.69. The number of nitrogens with zero attached hydrogens (tertiary/aromatic N) is 3. The number of halogens is 2. The standard InChI is InChI=1S/C21H23ClFN3O5S/c1-12-5-6-14(23)17-13(2)18(21(27)31-19(12)17)26-11-25(9-4-10-30-3)20-15(32(26,28)29)7-8-16(22)24-20/h5-8,13,18H,4,9-11H2,1-3H3/t13-,18+/m1/s1. The van der Waals surface area contributed by atoms with E-state index in [1.165, 1.54) is 24.3 Å². The predicted octanol–water partition coefficient (Wildman–Crippen LogP) is 3.08. The van der Waals surface area contributed by atoms with E-state index in [1.807, 2.05) is 0 Å². The fraction of sp³-hybridized carbons (Fsp3) is 0.429. The molecule has 172 valence electrons. The summed E-state index contributed by atoms with van der Waals surface area (Å²) >= 11 is 6.03. The van der Waals surface area contributed by atoms with Crippen molar-refractivity contribution in [1.29, 1.82) is 0 Å². The van der Waals surface area contributed by atoms with E-state index in [-0.39, 0.29) is 33.8 Å². The topological polar surface area (TPSA) is 89.0 Å². The Labute approximate surface area is 190 Å². The normalized spacial score (nSPS) is 22.3. The van der Waals surface area contributed by atoms with Gasteiger partial charge in [0, 0.05) is 31.7 Å². The summed E-state index contributed by atoms with van der Waals surface area (Å²) in [5.41, 5.74) is 0.794. The highest BCUT2D eigenvalue weighted by molar-refractivity contribution is 7.89. The number of hydrogen-bond acceptors (Lipinski definition) is 7. The Kier molecular flexibility index (Phi) is 6.15. The minimum atomic E-state index is -4.14. The van der Waals surface area contributed by atoms with Gasteiger partial charge in [-0.05, 0) is 37.1 Å². The number of esters is 1. The second-order valence-corrected chi connectivity index (χ2v) is 10.1. The molecule has 0 fully saturated rings. The summed E-state index contributed by atoms with van der Waals surface area (Å²) in [6.07, 6.45) is 0.597. The fourth-order valence-corrected chi connectivity index (χ4v) is 6.13. The van der Waals surface area contributed by atoms with Gasteiger partial charge in [0.15, 0.2) is 5.82 Å². The second-order valence-electron chi connectivity index (χ2n) is 7.86. The predicted molar refractivity (Wildman–Crippen MR) is 116 cm³/mol. The van der Waals surface area contributed by atoms with Gasteiger partial charge in [0.25, 0.3) is 0 Å². The Hall–Kier alpha value is -2.27. The number of carbonyl (C=O) groups is 1. The lowest BCUT2D eigenvalue weighted by Crippen LogP contribution is -2.57. The first-order valence-electron chi connectivity index (χ1n) is 10.1. The maximum atomic E-state index is 14.7. The first-order valence-corrected chi connectivity index (χ1v) is 11.9. The molecular weight excluding hydrogens is 461 g/mol. The number of ether oxygens (including phenoxy) is 2. The number of aromatic nitrogens is 1. The summed E-state index contributed by atoms with van der Waals surface area (Å²) in [5, 5.41) is 0.154. The molecule has 0 spiro atoms. The molecule has 0 aliphatic carbocycles. The molecule has 2 aromatic rings. The van der Waals surface area contributed by atoms with Gasteiger partial charge in [-0.3, -0.25) is 0 Å². The second kappa shape index (κ2) is 8.58. The van der Waals surface area contributed by atoms with E-state index < -0.39 is 33.8 Å². The molecule has 4 rings (SSSR count). The third-order valence-corrected chi connectivity index (χ3v) is 7.85. The molecule has 2 atom stereocenters. The van der Waals surface area contributed by atoms with E-state index in [0.29, 0.717) is 25.1 Å². The van der Waals surface area contributed by atoms with Crippen LogP contribution in [0.25, 0.3) is 0 Å². The van der Waals surface area contributed by atoms with Gasteiger partial charge < -0.3 is 14.4 Å². The monoisotopic (exact) mass is 483 g/mol. The number of pyridine rings is 1. The van der Waals surface area contributed by atoms with Gasteiger partial charge in [0.1, 0.15) is 27.7 Å². The van der Waals surface area contributed by atoms with Gasteiger partial charge in [-0.25, -0.2) is 22.6 Å². The highest BCUT2D eigenvalue weighted by atomic mass is 35.5. The van der Waals surface area contributed by atoms with Crippen LogP contribution < -0.4 is 9.64 Å². The molecule has 0 bridgehead atoms. The molecule has 2 aliphatic rings. The molecule has 2 aliphatic heterocycles. The molecule has 0 unspecified atom stereocenters. The van der Waals surface area contributed by atoms with E-state index in [9.17, 15) is 17.6 Å². The Bertz CT molecular complexity index is 1180. The van der Waals surface area contributed by atoms with E-state index in [1.54, 1.807) is 25.9 Å². The molecule has 8 nitrogen and oxygen atoms in total. The van der Waals surface area contributed by atoms with Crippen molar-refractivity contribution in [2.24, 2.45) is 0 Å². The van der Waals surface area contributed by atoms with Crippen LogP contribution in [0, 0.1) is 12.7 Å². The van der Waals surface area contributed by atoms with E-state index in [4.69, 9.17) is 21.1 Å². The van der Waals surface area contributed by atoms with Crippen molar-refractivity contribution in [3.63, 3.8) is 0 Å². The van der Waals surface area contributed by atoms with Crippen LogP contribution in [0.4, 0.5) is 10.2 Å². The maximum Gasteiger partial charge on any atom is 0.330 e. The lowest BCUT2D eigenvalue weighted by atomic mass is 9.88. The molecule has 0 saturated carbocycles. The lowest BCUT2D eigenvalue weighted by molar-refractivity contribution is -0.141. The van der Waals surface area contributed by atoms with Crippen LogP contribution in [-0.2, 0) is 19.6 Å². The number of sulfonamides is 1. The van der Waals surface area contributed by atoms with Gasteiger partial charge in [0.2, 0.25) is 10.0 Å². The SMILES string of the molecule is COCCCN1CN([C@@H]2C(=O)Oc3c(C)ccc(F)c3[C@H]2C)S(=O)(=O)c2ccc(Cl)nc21. The summed E-state index contributed by atoms with van der Waals surface area (Å²) in [4.78, 5) is 18.9. The maximum absolute atomic E-state index is 14.7. The molecule has 1 aromatic carbocycles.